The lowest BCUT2D eigenvalue weighted by atomic mass is 10.0. The first-order chi connectivity index (χ1) is 15.3. The van der Waals surface area contributed by atoms with E-state index in [1.54, 1.807) is 13.4 Å². The van der Waals surface area contributed by atoms with Crippen molar-refractivity contribution in [2.75, 3.05) is 31.6 Å². The zero-order valence-corrected chi connectivity index (χ0v) is 18.0. The molecule has 0 saturated carbocycles. The summed E-state index contributed by atoms with van der Waals surface area (Å²) in [5.41, 5.74) is 1.13. The Balaban J connectivity index is 1.40. The van der Waals surface area contributed by atoms with E-state index in [9.17, 15) is 0 Å². The number of H-pyrrole nitrogens is 1. The minimum Gasteiger partial charge on any atom is -0.495 e. The summed E-state index contributed by atoms with van der Waals surface area (Å²) >= 11 is 0. The third-order valence-electron chi connectivity index (χ3n) is 5.19. The molecule has 0 amide bonds. The standard InChI is InChI=1S/C22H29N7O2/c1-3-23-22(24-14-20-26-21(28-27-20)19-11-7-13-31-19)25-16-8-6-12-29(15-16)17-9-4-5-10-18(17)30-2/h4-5,7,9-11,13,16H,3,6,8,12,14-15H2,1-2H3,(H2,23,24,25)(H,26,27,28). The quantitative estimate of drug-likeness (QED) is 0.397. The van der Waals surface area contributed by atoms with E-state index in [1.807, 2.05) is 24.3 Å². The van der Waals surface area contributed by atoms with Crippen LogP contribution in [0.1, 0.15) is 25.6 Å². The Morgan fingerprint density at radius 2 is 2.23 bits per heavy atom. The van der Waals surface area contributed by atoms with Crippen molar-refractivity contribution in [3.8, 4) is 17.3 Å². The summed E-state index contributed by atoms with van der Waals surface area (Å²) in [7, 11) is 1.72. The van der Waals surface area contributed by atoms with Gasteiger partial charge >= 0.3 is 0 Å². The van der Waals surface area contributed by atoms with Gasteiger partial charge in [0, 0.05) is 25.7 Å². The van der Waals surface area contributed by atoms with Gasteiger partial charge in [-0.1, -0.05) is 12.1 Å². The highest BCUT2D eigenvalue weighted by Crippen LogP contribution is 2.29. The number of para-hydroxylation sites is 2. The molecule has 3 aromatic rings. The van der Waals surface area contributed by atoms with Crippen molar-refractivity contribution in [3.05, 3.63) is 48.5 Å². The molecular weight excluding hydrogens is 394 g/mol. The van der Waals surface area contributed by atoms with E-state index < -0.39 is 0 Å². The number of aromatic amines is 1. The molecule has 0 radical (unpaired) electrons. The lowest BCUT2D eigenvalue weighted by molar-refractivity contribution is 0.408. The lowest BCUT2D eigenvalue weighted by Crippen LogP contribution is -2.51. The number of furan rings is 1. The van der Waals surface area contributed by atoms with E-state index in [2.05, 4.69) is 49.8 Å². The van der Waals surface area contributed by atoms with Gasteiger partial charge < -0.3 is 24.7 Å². The molecule has 0 bridgehead atoms. The molecule has 9 nitrogen and oxygen atoms in total. The molecule has 3 heterocycles. The van der Waals surface area contributed by atoms with Gasteiger partial charge in [-0.05, 0) is 44.0 Å². The van der Waals surface area contributed by atoms with Gasteiger partial charge in [-0.3, -0.25) is 5.10 Å². The van der Waals surface area contributed by atoms with Crippen molar-refractivity contribution < 1.29 is 9.15 Å². The molecule has 1 aliphatic rings. The maximum Gasteiger partial charge on any atom is 0.216 e. The topological polar surface area (TPSA) is 104 Å². The lowest BCUT2D eigenvalue weighted by Gasteiger charge is -2.36. The number of piperidine rings is 1. The molecule has 31 heavy (non-hydrogen) atoms. The Morgan fingerprint density at radius 3 is 3.03 bits per heavy atom. The number of nitrogens with zero attached hydrogens (tertiary/aromatic N) is 4. The first kappa shape index (κ1) is 20.8. The monoisotopic (exact) mass is 423 g/mol. The normalized spacial score (nSPS) is 16.9. The number of ether oxygens (including phenoxy) is 1. The van der Waals surface area contributed by atoms with Gasteiger partial charge in [-0.15, -0.1) is 5.10 Å². The highest BCUT2D eigenvalue weighted by Gasteiger charge is 2.23. The van der Waals surface area contributed by atoms with Crippen LogP contribution < -0.4 is 20.3 Å². The summed E-state index contributed by atoms with van der Waals surface area (Å²) in [4.78, 5) is 11.5. The summed E-state index contributed by atoms with van der Waals surface area (Å²) in [5.74, 6) is 3.53. The van der Waals surface area contributed by atoms with Crippen LogP contribution >= 0.6 is 0 Å². The second kappa shape index (κ2) is 10.0. The van der Waals surface area contributed by atoms with E-state index in [0.717, 1.165) is 49.9 Å². The largest absolute Gasteiger partial charge is 0.495 e. The van der Waals surface area contributed by atoms with E-state index in [0.29, 0.717) is 24.0 Å². The van der Waals surface area contributed by atoms with Crippen molar-refractivity contribution in [1.29, 1.82) is 0 Å². The molecule has 1 unspecified atom stereocenters. The van der Waals surface area contributed by atoms with Gasteiger partial charge in [0.15, 0.2) is 11.7 Å². The van der Waals surface area contributed by atoms with Crippen molar-refractivity contribution in [2.24, 2.45) is 4.99 Å². The smallest absolute Gasteiger partial charge is 0.216 e. The van der Waals surface area contributed by atoms with E-state index >= 15 is 0 Å². The fourth-order valence-electron chi connectivity index (χ4n) is 3.75. The van der Waals surface area contributed by atoms with Crippen molar-refractivity contribution >= 4 is 11.6 Å². The van der Waals surface area contributed by atoms with Gasteiger partial charge in [-0.25, -0.2) is 9.98 Å². The number of nitrogens with one attached hydrogen (secondary N) is 3. The summed E-state index contributed by atoms with van der Waals surface area (Å²) in [5, 5.41) is 14.0. The van der Waals surface area contributed by atoms with Crippen molar-refractivity contribution in [1.82, 2.24) is 25.8 Å². The molecule has 164 valence electrons. The third-order valence-corrected chi connectivity index (χ3v) is 5.19. The SMILES string of the molecule is CCNC(=NCc1nc(-c2ccco2)n[nH]1)NC1CCCN(c2ccccc2OC)C1. The molecule has 1 aromatic carbocycles. The first-order valence-corrected chi connectivity index (χ1v) is 10.6. The average Bonchev–Trinajstić information content (AvgIpc) is 3.50. The van der Waals surface area contributed by atoms with Crippen LogP contribution in [-0.4, -0.2) is 53.9 Å². The van der Waals surface area contributed by atoms with E-state index in [4.69, 9.17) is 14.1 Å². The predicted octanol–water partition coefficient (Wildman–Crippen LogP) is 2.80. The van der Waals surface area contributed by atoms with Gasteiger partial charge in [0.1, 0.15) is 18.1 Å². The molecular formula is C22H29N7O2. The van der Waals surface area contributed by atoms with Gasteiger partial charge in [0.2, 0.25) is 5.82 Å². The minimum absolute atomic E-state index is 0.282. The highest BCUT2D eigenvalue weighted by atomic mass is 16.5. The van der Waals surface area contributed by atoms with E-state index in [1.165, 1.54) is 0 Å². The van der Waals surface area contributed by atoms with Crippen molar-refractivity contribution in [3.63, 3.8) is 0 Å². The van der Waals surface area contributed by atoms with Crippen LogP contribution in [0.5, 0.6) is 5.75 Å². The third kappa shape index (κ3) is 5.17. The Kier molecular flexibility index (Phi) is 6.71. The van der Waals surface area contributed by atoms with Crippen LogP contribution in [0.25, 0.3) is 11.6 Å². The molecule has 1 saturated heterocycles. The molecule has 0 aliphatic carbocycles. The highest BCUT2D eigenvalue weighted by molar-refractivity contribution is 5.80. The first-order valence-electron chi connectivity index (χ1n) is 10.6. The van der Waals surface area contributed by atoms with Crippen LogP contribution in [-0.2, 0) is 6.54 Å². The summed E-state index contributed by atoms with van der Waals surface area (Å²) in [6, 6.07) is 12.1. The van der Waals surface area contributed by atoms with Crippen LogP contribution in [0.4, 0.5) is 5.69 Å². The van der Waals surface area contributed by atoms with Crippen LogP contribution in [0.3, 0.4) is 0 Å². The van der Waals surface area contributed by atoms with Crippen LogP contribution in [0, 0.1) is 0 Å². The number of benzene rings is 1. The maximum absolute atomic E-state index is 5.55. The van der Waals surface area contributed by atoms with Crippen molar-refractivity contribution in [2.45, 2.75) is 32.4 Å². The molecule has 3 N–H and O–H groups in total. The van der Waals surface area contributed by atoms with Crippen LogP contribution in [0.15, 0.2) is 52.1 Å². The average molecular weight is 424 g/mol. The van der Waals surface area contributed by atoms with Gasteiger partial charge in [0.05, 0.1) is 19.1 Å². The molecule has 1 fully saturated rings. The minimum atomic E-state index is 0.282. The number of aromatic nitrogens is 3. The maximum atomic E-state index is 5.55. The number of anilines is 1. The number of aliphatic imine (C=N–C) groups is 1. The Morgan fingerprint density at radius 1 is 1.32 bits per heavy atom. The fraction of sp³-hybridized carbons (Fsp3) is 0.409. The molecule has 1 atom stereocenters. The fourth-order valence-corrected chi connectivity index (χ4v) is 3.75. The number of rotatable bonds is 7. The second-order valence-electron chi connectivity index (χ2n) is 7.38. The van der Waals surface area contributed by atoms with Gasteiger partial charge in [-0.2, -0.15) is 0 Å². The Bertz CT molecular complexity index is 983. The zero-order valence-electron chi connectivity index (χ0n) is 18.0. The molecule has 1 aliphatic heterocycles. The molecule has 2 aromatic heterocycles. The number of methoxy groups -OCH3 is 1. The van der Waals surface area contributed by atoms with Crippen LogP contribution in [0.2, 0.25) is 0 Å². The Labute approximate surface area is 181 Å². The summed E-state index contributed by atoms with van der Waals surface area (Å²) in [6.07, 6.45) is 3.79. The zero-order chi connectivity index (χ0) is 21.5. The number of guanidine groups is 1. The Hall–Kier alpha value is -3.49. The predicted molar refractivity (Wildman–Crippen MR) is 120 cm³/mol. The molecule has 4 rings (SSSR count). The summed E-state index contributed by atoms with van der Waals surface area (Å²) in [6.45, 7) is 5.13. The molecule has 0 spiro atoms. The van der Waals surface area contributed by atoms with E-state index in [-0.39, 0.29) is 6.04 Å². The number of hydrogen-bond donors (Lipinski definition) is 3. The molecule has 9 heteroatoms. The van der Waals surface area contributed by atoms with Gasteiger partial charge in [0.25, 0.3) is 0 Å². The summed E-state index contributed by atoms with van der Waals surface area (Å²) < 4.78 is 10.9. The second-order valence-corrected chi connectivity index (χ2v) is 7.38. The number of hydrogen-bond acceptors (Lipinski definition) is 6.